The molecule has 0 atom stereocenters. The van der Waals surface area contributed by atoms with Crippen molar-refractivity contribution in [1.82, 2.24) is 10.6 Å². The van der Waals surface area contributed by atoms with Crippen LogP contribution in [0.15, 0.2) is 0 Å². The largest absolute Gasteiger partial charge is 0.355 e. The van der Waals surface area contributed by atoms with Gasteiger partial charge in [0.1, 0.15) is 0 Å². The zero-order valence-electron chi connectivity index (χ0n) is 10.1. The Hall–Kier alpha value is -0.570. The van der Waals surface area contributed by atoms with Crippen molar-refractivity contribution < 1.29 is 4.79 Å². The molecule has 0 saturated heterocycles. The lowest BCUT2D eigenvalue weighted by molar-refractivity contribution is -0.120. The van der Waals surface area contributed by atoms with Crippen molar-refractivity contribution in [2.24, 2.45) is 5.41 Å². The Labute approximate surface area is 93.0 Å². The first-order valence-corrected chi connectivity index (χ1v) is 6.20. The van der Waals surface area contributed by atoms with Gasteiger partial charge in [0.05, 0.1) is 6.54 Å². The zero-order valence-corrected chi connectivity index (χ0v) is 10.1. The lowest BCUT2D eigenvalue weighted by atomic mass is 9.83. The fourth-order valence-electron chi connectivity index (χ4n) is 2.48. The third-order valence-electron chi connectivity index (χ3n) is 3.57. The number of hydrogen-bond acceptors (Lipinski definition) is 2. The number of carbonyl (C=O) groups is 1. The van der Waals surface area contributed by atoms with Crippen LogP contribution in [0.2, 0.25) is 0 Å². The first-order valence-electron chi connectivity index (χ1n) is 6.20. The van der Waals surface area contributed by atoms with Crippen molar-refractivity contribution in [2.75, 3.05) is 19.6 Å². The van der Waals surface area contributed by atoms with Crippen LogP contribution in [0.5, 0.6) is 0 Å². The minimum absolute atomic E-state index is 0.113. The summed E-state index contributed by atoms with van der Waals surface area (Å²) in [6.07, 6.45) is 6.60. The van der Waals surface area contributed by atoms with Gasteiger partial charge in [0.2, 0.25) is 5.91 Å². The van der Waals surface area contributed by atoms with Crippen LogP contribution in [0.3, 0.4) is 0 Å². The Balaban J connectivity index is 2.20. The molecule has 2 N–H and O–H groups in total. The number of hydrogen-bond donors (Lipinski definition) is 2. The van der Waals surface area contributed by atoms with Gasteiger partial charge in [-0.3, -0.25) is 4.79 Å². The Bertz CT molecular complexity index is 198. The summed E-state index contributed by atoms with van der Waals surface area (Å²) in [7, 11) is 0. The molecule has 1 rings (SSSR count). The average Bonchev–Trinajstić information content (AvgIpc) is 2.68. The van der Waals surface area contributed by atoms with E-state index < -0.39 is 0 Å². The molecule has 0 unspecified atom stereocenters. The van der Waals surface area contributed by atoms with Crippen LogP contribution in [0, 0.1) is 5.41 Å². The third-order valence-corrected chi connectivity index (χ3v) is 3.57. The van der Waals surface area contributed by atoms with Crippen LogP contribution in [0.1, 0.15) is 46.0 Å². The van der Waals surface area contributed by atoms with Gasteiger partial charge in [-0.15, -0.1) is 0 Å². The summed E-state index contributed by atoms with van der Waals surface area (Å²) in [4.78, 5) is 11.2. The monoisotopic (exact) mass is 212 g/mol. The molecule has 0 heterocycles. The molecule has 0 spiro atoms. The van der Waals surface area contributed by atoms with Crippen molar-refractivity contribution in [2.45, 2.75) is 46.0 Å². The van der Waals surface area contributed by atoms with Gasteiger partial charge in [-0.1, -0.05) is 19.8 Å². The Morgan fingerprint density at radius 1 is 1.27 bits per heavy atom. The normalized spacial score (nSPS) is 19.1. The molecule has 1 aliphatic carbocycles. The molecule has 3 heteroatoms. The highest BCUT2D eigenvalue weighted by Crippen LogP contribution is 2.40. The Kier molecular flexibility index (Phi) is 5.09. The predicted molar refractivity (Wildman–Crippen MR) is 62.7 cm³/mol. The highest BCUT2D eigenvalue weighted by atomic mass is 16.1. The number of carbonyl (C=O) groups excluding carboxylic acids is 1. The van der Waals surface area contributed by atoms with E-state index in [-0.39, 0.29) is 5.91 Å². The minimum atomic E-state index is 0.113. The van der Waals surface area contributed by atoms with E-state index in [2.05, 4.69) is 17.6 Å². The van der Waals surface area contributed by atoms with Crippen LogP contribution in [-0.4, -0.2) is 25.5 Å². The SMILES string of the molecule is CCNC(=O)CNCC1(CC)CCCC1. The maximum Gasteiger partial charge on any atom is 0.233 e. The fourth-order valence-corrected chi connectivity index (χ4v) is 2.48. The van der Waals surface area contributed by atoms with Crippen molar-refractivity contribution in [1.29, 1.82) is 0 Å². The van der Waals surface area contributed by atoms with E-state index in [0.717, 1.165) is 13.1 Å². The van der Waals surface area contributed by atoms with E-state index in [1.807, 2.05) is 6.92 Å². The summed E-state index contributed by atoms with van der Waals surface area (Å²) in [6, 6.07) is 0. The summed E-state index contributed by atoms with van der Waals surface area (Å²) < 4.78 is 0. The second-order valence-electron chi connectivity index (χ2n) is 4.62. The summed E-state index contributed by atoms with van der Waals surface area (Å²) in [6.45, 7) is 6.40. The van der Waals surface area contributed by atoms with Gasteiger partial charge in [-0.2, -0.15) is 0 Å². The topological polar surface area (TPSA) is 41.1 Å². The van der Waals surface area contributed by atoms with Crippen LogP contribution in [0.4, 0.5) is 0 Å². The maximum absolute atomic E-state index is 11.2. The van der Waals surface area contributed by atoms with Crippen LogP contribution < -0.4 is 10.6 Å². The molecule has 1 saturated carbocycles. The first-order chi connectivity index (χ1) is 7.22. The lowest BCUT2D eigenvalue weighted by Gasteiger charge is -2.27. The number of nitrogens with one attached hydrogen (secondary N) is 2. The number of rotatable bonds is 6. The summed E-state index contributed by atoms with van der Waals surface area (Å²) >= 11 is 0. The fraction of sp³-hybridized carbons (Fsp3) is 0.917. The maximum atomic E-state index is 11.2. The molecule has 1 aliphatic rings. The number of likely N-dealkylation sites (N-methyl/N-ethyl adjacent to an activating group) is 1. The summed E-state index contributed by atoms with van der Waals surface area (Å²) in [5.74, 6) is 0.113. The van der Waals surface area contributed by atoms with E-state index in [1.165, 1.54) is 32.1 Å². The van der Waals surface area contributed by atoms with E-state index in [0.29, 0.717) is 12.0 Å². The molecular weight excluding hydrogens is 188 g/mol. The second kappa shape index (κ2) is 6.11. The van der Waals surface area contributed by atoms with Gasteiger partial charge in [-0.05, 0) is 31.6 Å². The number of amides is 1. The lowest BCUT2D eigenvalue weighted by Crippen LogP contribution is -2.39. The molecule has 15 heavy (non-hydrogen) atoms. The Morgan fingerprint density at radius 2 is 1.93 bits per heavy atom. The smallest absolute Gasteiger partial charge is 0.233 e. The molecule has 3 nitrogen and oxygen atoms in total. The Morgan fingerprint density at radius 3 is 2.47 bits per heavy atom. The second-order valence-corrected chi connectivity index (χ2v) is 4.62. The standard InChI is InChI=1S/C12H24N2O/c1-3-12(7-5-6-8-12)10-13-9-11(15)14-4-2/h13H,3-10H2,1-2H3,(H,14,15). The van der Waals surface area contributed by atoms with E-state index in [1.54, 1.807) is 0 Å². The van der Waals surface area contributed by atoms with Gasteiger partial charge in [0, 0.05) is 13.1 Å². The summed E-state index contributed by atoms with van der Waals surface area (Å²) in [5, 5.41) is 6.09. The van der Waals surface area contributed by atoms with Crippen LogP contribution >= 0.6 is 0 Å². The molecular formula is C12H24N2O. The molecule has 0 aromatic carbocycles. The third kappa shape index (κ3) is 3.82. The molecule has 1 fully saturated rings. The molecule has 0 bridgehead atoms. The molecule has 0 aromatic rings. The minimum Gasteiger partial charge on any atom is -0.355 e. The van der Waals surface area contributed by atoms with Crippen molar-refractivity contribution >= 4 is 5.91 Å². The molecule has 0 radical (unpaired) electrons. The van der Waals surface area contributed by atoms with Gasteiger partial charge >= 0.3 is 0 Å². The van der Waals surface area contributed by atoms with E-state index in [9.17, 15) is 4.79 Å². The van der Waals surface area contributed by atoms with Gasteiger partial charge < -0.3 is 10.6 Å². The molecule has 1 amide bonds. The summed E-state index contributed by atoms with van der Waals surface area (Å²) in [5.41, 5.74) is 0.479. The van der Waals surface area contributed by atoms with E-state index in [4.69, 9.17) is 0 Å². The quantitative estimate of drug-likeness (QED) is 0.703. The van der Waals surface area contributed by atoms with Gasteiger partial charge in [0.15, 0.2) is 0 Å². The highest BCUT2D eigenvalue weighted by Gasteiger charge is 2.31. The van der Waals surface area contributed by atoms with Crippen LogP contribution in [0.25, 0.3) is 0 Å². The van der Waals surface area contributed by atoms with Crippen molar-refractivity contribution in [3.8, 4) is 0 Å². The average molecular weight is 212 g/mol. The van der Waals surface area contributed by atoms with Crippen molar-refractivity contribution in [3.05, 3.63) is 0 Å². The van der Waals surface area contributed by atoms with Gasteiger partial charge in [-0.25, -0.2) is 0 Å². The molecule has 0 aromatic heterocycles. The van der Waals surface area contributed by atoms with Crippen LogP contribution in [-0.2, 0) is 4.79 Å². The molecule has 0 aliphatic heterocycles. The zero-order chi connectivity index (χ0) is 11.1. The van der Waals surface area contributed by atoms with Crippen molar-refractivity contribution in [3.63, 3.8) is 0 Å². The van der Waals surface area contributed by atoms with Gasteiger partial charge in [0.25, 0.3) is 0 Å². The van der Waals surface area contributed by atoms with E-state index >= 15 is 0 Å². The highest BCUT2D eigenvalue weighted by molar-refractivity contribution is 5.77. The predicted octanol–water partition coefficient (Wildman–Crippen LogP) is 1.68. The molecule has 88 valence electrons. The first kappa shape index (κ1) is 12.5.